The van der Waals surface area contributed by atoms with Gasteiger partial charge in [-0.1, -0.05) is 18.2 Å². The maximum Gasteiger partial charge on any atom is 0.269 e. The van der Waals surface area contributed by atoms with Gasteiger partial charge in [0.1, 0.15) is 0 Å². The maximum atomic E-state index is 11.3. The third-order valence-electron chi connectivity index (χ3n) is 2.98. The number of nitro groups is 1. The molecule has 2 aromatic carbocycles. The number of aromatic nitrogens is 2. The molecule has 0 unspecified atom stereocenters. The minimum atomic E-state index is -0.444. The molecule has 0 fully saturated rings. The molecule has 3 rings (SSSR count). The first-order valence-corrected chi connectivity index (χ1v) is 6.05. The van der Waals surface area contributed by atoms with Gasteiger partial charge in [0, 0.05) is 23.4 Å². The monoisotopic (exact) mass is 283 g/mol. The van der Waals surface area contributed by atoms with E-state index in [0.717, 1.165) is 11.1 Å². The lowest BCUT2D eigenvalue weighted by Gasteiger charge is -1.95. The average Bonchev–Trinajstić information content (AvgIpc) is 2.87. The second-order valence-electron chi connectivity index (χ2n) is 4.36. The smallest absolute Gasteiger partial charge is 0.269 e. The van der Waals surface area contributed by atoms with Gasteiger partial charge in [-0.25, -0.2) is 0 Å². The summed E-state index contributed by atoms with van der Waals surface area (Å²) < 4.78 is 4.49. The molecule has 21 heavy (non-hydrogen) atoms. The van der Waals surface area contributed by atoms with Gasteiger partial charge in [-0.2, -0.15) is 0 Å². The highest BCUT2D eigenvalue weighted by Gasteiger charge is 2.08. The van der Waals surface area contributed by atoms with Crippen molar-refractivity contribution < 1.29 is 14.5 Å². The number of nitrogens with zero attached hydrogens (tertiary/aromatic N) is 3. The van der Waals surface area contributed by atoms with E-state index in [-0.39, 0.29) is 5.69 Å². The predicted octanol–water partition coefficient (Wildman–Crippen LogP) is 2.54. The Bertz CT molecular complexity index is 837. The van der Waals surface area contributed by atoms with Crippen molar-refractivity contribution in [1.29, 1.82) is 0 Å². The third-order valence-corrected chi connectivity index (χ3v) is 2.98. The van der Waals surface area contributed by atoms with Crippen LogP contribution in [-0.2, 0) is 0 Å². The molecule has 0 bridgehead atoms. The fourth-order valence-electron chi connectivity index (χ4n) is 1.89. The highest BCUT2D eigenvalue weighted by atomic mass is 16.8. The molecule has 7 heteroatoms. The van der Waals surface area contributed by atoms with Crippen molar-refractivity contribution in [2.75, 3.05) is 0 Å². The van der Waals surface area contributed by atoms with Crippen LogP contribution in [0.2, 0.25) is 0 Å². The quantitative estimate of drug-likeness (QED) is 0.318. The van der Waals surface area contributed by atoms with Gasteiger partial charge in [-0.3, -0.25) is 14.7 Å². The molecule has 0 radical (unpaired) electrons. The molecule has 0 aliphatic carbocycles. The number of rotatable bonds is 3. The van der Waals surface area contributed by atoms with Crippen LogP contribution >= 0.6 is 0 Å². The maximum absolute atomic E-state index is 11.3. The van der Waals surface area contributed by atoms with Crippen LogP contribution in [0.15, 0.2) is 47.1 Å². The van der Waals surface area contributed by atoms with Crippen LogP contribution in [-0.4, -0.2) is 10.1 Å². The zero-order valence-electron chi connectivity index (χ0n) is 10.7. The van der Waals surface area contributed by atoms with Gasteiger partial charge in [-0.05, 0) is 34.2 Å². The summed E-state index contributed by atoms with van der Waals surface area (Å²) in [6.07, 6.45) is 3.60. The average molecular weight is 283 g/mol. The molecular formula is C14H9N3O4. The van der Waals surface area contributed by atoms with E-state index in [0.29, 0.717) is 15.9 Å². The molecule has 7 nitrogen and oxygen atoms in total. The molecule has 104 valence electrons. The molecule has 0 aliphatic rings. The summed E-state index contributed by atoms with van der Waals surface area (Å²) in [6, 6.07) is 11.3. The number of fused-ring (bicyclic) bond motifs is 1. The van der Waals surface area contributed by atoms with Crippen LogP contribution in [0.5, 0.6) is 0 Å². The Kier molecular flexibility index (Phi) is 3.07. The molecule has 0 amide bonds. The molecule has 1 aromatic heterocycles. The van der Waals surface area contributed by atoms with Crippen LogP contribution in [0.1, 0.15) is 11.1 Å². The molecule has 0 aliphatic heterocycles. The van der Waals surface area contributed by atoms with Crippen LogP contribution < -0.4 is 4.90 Å². The first-order chi connectivity index (χ1) is 10.1. The molecule has 0 N–H and O–H groups in total. The standard InChI is InChI=1S/C14H9N3O4/c18-16(19)12-6-3-10(4-7-12)1-2-11-5-8-13-14(9-11)17(20)21-15-13/h1-9H/b2-1+. The predicted molar refractivity (Wildman–Crippen MR) is 75.0 cm³/mol. The second-order valence-corrected chi connectivity index (χ2v) is 4.36. The highest BCUT2D eigenvalue weighted by molar-refractivity contribution is 5.78. The van der Waals surface area contributed by atoms with Crippen molar-refractivity contribution in [3.05, 3.63) is 68.9 Å². The summed E-state index contributed by atoms with van der Waals surface area (Å²) in [6.45, 7) is 0. The molecule has 1 heterocycles. The van der Waals surface area contributed by atoms with E-state index in [2.05, 4.69) is 9.79 Å². The number of nitro benzene ring substituents is 1. The lowest BCUT2D eigenvalue weighted by Crippen LogP contribution is -2.22. The summed E-state index contributed by atoms with van der Waals surface area (Å²) in [5.74, 6) is 0. The molecule has 0 spiro atoms. The van der Waals surface area contributed by atoms with E-state index in [1.54, 1.807) is 42.5 Å². The van der Waals surface area contributed by atoms with Crippen LogP contribution in [0.3, 0.4) is 0 Å². The van der Waals surface area contributed by atoms with Crippen molar-refractivity contribution in [2.45, 2.75) is 0 Å². The topological polar surface area (TPSA) is 96.1 Å². The molecule has 0 saturated heterocycles. The summed E-state index contributed by atoms with van der Waals surface area (Å²) in [4.78, 5) is 10.5. The van der Waals surface area contributed by atoms with Crippen molar-refractivity contribution in [1.82, 2.24) is 5.16 Å². The molecular weight excluding hydrogens is 274 g/mol. The van der Waals surface area contributed by atoms with Gasteiger partial charge in [0.2, 0.25) is 11.0 Å². The Balaban J connectivity index is 1.86. The Labute approximate surface area is 118 Å². The van der Waals surface area contributed by atoms with E-state index < -0.39 is 4.92 Å². The highest BCUT2D eigenvalue weighted by Crippen LogP contribution is 2.16. The van der Waals surface area contributed by atoms with Gasteiger partial charge in [0.25, 0.3) is 5.69 Å². The van der Waals surface area contributed by atoms with E-state index in [1.807, 2.05) is 0 Å². The Morgan fingerprint density at radius 2 is 1.76 bits per heavy atom. The summed E-state index contributed by atoms with van der Waals surface area (Å²) in [5.41, 5.74) is 2.50. The van der Waals surface area contributed by atoms with Crippen LogP contribution in [0.4, 0.5) is 5.69 Å². The Morgan fingerprint density at radius 1 is 1.10 bits per heavy atom. The fourth-order valence-corrected chi connectivity index (χ4v) is 1.89. The first-order valence-electron chi connectivity index (χ1n) is 6.05. The van der Waals surface area contributed by atoms with E-state index in [4.69, 9.17) is 0 Å². The number of benzene rings is 2. The largest absolute Gasteiger partial charge is 0.359 e. The van der Waals surface area contributed by atoms with E-state index in [1.165, 1.54) is 12.1 Å². The van der Waals surface area contributed by atoms with Crippen LogP contribution in [0.25, 0.3) is 23.2 Å². The van der Waals surface area contributed by atoms with Crippen LogP contribution in [0, 0.1) is 15.3 Å². The zero-order valence-corrected chi connectivity index (χ0v) is 10.7. The molecule has 0 atom stereocenters. The van der Waals surface area contributed by atoms with Gasteiger partial charge in [-0.15, -0.1) is 0 Å². The van der Waals surface area contributed by atoms with E-state index >= 15 is 0 Å². The second kappa shape index (κ2) is 5.04. The zero-order chi connectivity index (χ0) is 14.8. The van der Waals surface area contributed by atoms with Gasteiger partial charge >= 0.3 is 0 Å². The normalized spacial score (nSPS) is 11.2. The van der Waals surface area contributed by atoms with Crippen molar-refractivity contribution in [3.8, 4) is 0 Å². The summed E-state index contributed by atoms with van der Waals surface area (Å²) in [5, 5.41) is 25.5. The van der Waals surface area contributed by atoms with Crippen molar-refractivity contribution in [2.24, 2.45) is 0 Å². The lowest BCUT2D eigenvalue weighted by molar-refractivity contribution is -0.782. The van der Waals surface area contributed by atoms with Crippen molar-refractivity contribution in [3.63, 3.8) is 0 Å². The van der Waals surface area contributed by atoms with Gasteiger partial charge in [0.05, 0.1) is 4.92 Å². The Morgan fingerprint density at radius 3 is 2.48 bits per heavy atom. The van der Waals surface area contributed by atoms with Crippen molar-refractivity contribution >= 4 is 28.9 Å². The minimum absolute atomic E-state index is 0.0467. The molecule has 3 aromatic rings. The minimum Gasteiger partial charge on any atom is -0.359 e. The fraction of sp³-hybridized carbons (Fsp3) is 0. The van der Waals surface area contributed by atoms with Gasteiger partial charge < -0.3 is 5.21 Å². The number of hydrogen-bond donors (Lipinski definition) is 0. The summed E-state index contributed by atoms with van der Waals surface area (Å²) >= 11 is 0. The SMILES string of the molecule is O=[N+]([O-])c1ccc(/C=C/c2ccc3no[n+]([O-])c3c2)cc1. The summed E-state index contributed by atoms with van der Waals surface area (Å²) in [7, 11) is 0. The number of hydrogen-bond acceptors (Lipinski definition) is 5. The lowest BCUT2D eigenvalue weighted by atomic mass is 10.1. The third kappa shape index (κ3) is 2.57. The molecule has 0 saturated carbocycles. The Hall–Kier alpha value is -3.22. The number of non-ortho nitro benzene ring substituents is 1. The first kappa shape index (κ1) is 12.8. The van der Waals surface area contributed by atoms with E-state index in [9.17, 15) is 15.3 Å². The van der Waals surface area contributed by atoms with Gasteiger partial charge in [0.15, 0.2) is 0 Å².